The molecule has 12 nitrogen and oxygen atoms in total. The summed E-state index contributed by atoms with van der Waals surface area (Å²) < 4.78 is 11.1. The zero-order chi connectivity index (χ0) is 32.9. The second kappa shape index (κ2) is 14.6. The molecule has 2 aliphatic heterocycles. The van der Waals surface area contributed by atoms with Crippen molar-refractivity contribution in [2.45, 2.75) is 44.4 Å². The Balaban J connectivity index is 1.22. The second-order valence-corrected chi connectivity index (χ2v) is 12.0. The van der Waals surface area contributed by atoms with Crippen LogP contribution in [0.1, 0.15) is 30.7 Å². The molecule has 14 heteroatoms. The number of nitrogens with zero attached hydrogens (tertiary/aromatic N) is 4. The van der Waals surface area contributed by atoms with Crippen molar-refractivity contribution in [1.82, 2.24) is 41.2 Å². The quantitative estimate of drug-likeness (QED) is 0.174. The average Bonchev–Trinajstić information content (AvgIpc) is 3.71. The Morgan fingerprint density at radius 2 is 1.40 bits per heavy atom. The lowest BCUT2D eigenvalue weighted by molar-refractivity contribution is -0.120. The van der Waals surface area contributed by atoms with Crippen LogP contribution in [0.4, 0.5) is 0 Å². The van der Waals surface area contributed by atoms with Crippen molar-refractivity contribution in [3.63, 3.8) is 0 Å². The van der Waals surface area contributed by atoms with Gasteiger partial charge in [-0.1, -0.05) is 59.6 Å². The number of hydrogen-bond donors (Lipinski definition) is 4. The van der Waals surface area contributed by atoms with Gasteiger partial charge in [0.1, 0.15) is 11.4 Å². The average molecular weight is 678 g/mol. The minimum absolute atomic E-state index is 0.0264. The van der Waals surface area contributed by atoms with Gasteiger partial charge in [-0.25, -0.2) is 9.97 Å². The van der Waals surface area contributed by atoms with Crippen LogP contribution in [-0.4, -0.2) is 71.1 Å². The fourth-order valence-corrected chi connectivity index (χ4v) is 6.33. The molecule has 2 atom stereocenters. The van der Waals surface area contributed by atoms with E-state index in [0.29, 0.717) is 106 Å². The molecule has 0 saturated carbocycles. The largest absolute Gasteiger partial charge is 0.480 e. The fraction of sp³-hybridized carbons (Fsp3) is 0.333. The van der Waals surface area contributed by atoms with Gasteiger partial charge in [0.25, 0.3) is 0 Å². The van der Waals surface area contributed by atoms with E-state index in [1.807, 2.05) is 36.4 Å². The molecule has 2 saturated heterocycles. The molecule has 2 aromatic heterocycles. The summed E-state index contributed by atoms with van der Waals surface area (Å²) in [5.41, 5.74) is 5.11. The van der Waals surface area contributed by atoms with E-state index in [1.165, 1.54) is 0 Å². The minimum Gasteiger partial charge on any atom is -0.480 e. The van der Waals surface area contributed by atoms with Gasteiger partial charge in [-0.2, -0.15) is 0 Å². The highest BCUT2D eigenvalue weighted by Crippen LogP contribution is 2.42. The number of hydrogen-bond acceptors (Lipinski definition) is 10. The van der Waals surface area contributed by atoms with E-state index in [2.05, 4.69) is 31.2 Å². The van der Waals surface area contributed by atoms with Crippen molar-refractivity contribution < 1.29 is 19.1 Å². The number of carbonyl (C=O) groups is 2. The van der Waals surface area contributed by atoms with Gasteiger partial charge in [0.2, 0.25) is 23.6 Å². The van der Waals surface area contributed by atoms with Gasteiger partial charge >= 0.3 is 0 Å². The summed E-state index contributed by atoms with van der Waals surface area (Å²) in [4.78, 5) is 41.6. The maximum absolute atomic E-state index is 11.5. The summed E-state index contributed by atoms with van der Waals surface area (Å²) >= 11 is 14.0. The van der Waals surface area contributed by atoms with Crippen molar-refractivity contribution >= 4 is 35.0 Å². The molecule has 47 heavy (non-hydrogen) atoms. The highest BCUT2D eigenvalue weighted by Gasteiger charge is 2.23. The Morgan fingerprint density at radius 1 is 0.830 bits per heavy atom. The number of methoxy groups -OCH3 is 2. The normalized spacial score (nSPS) is 17.4. The van der Waals surface area contributed by atoms with Gasteiger partial charge in [0.15, 0.2) is 0 Å². The molecule has 2 aromatic carbocycles. The smallest absolute Gasteiger partial charge is 0.237 e. The lowest BCUT2D eigenvalue weighted by Crippen LogP contribution is -2.35. The van der Waals surface area contributed by atoms with Gasteiger partial charge in [-0.05, 0) is 6.42 Å². The number of ether oxygens (including phenoxy) is 2. The van der Waals surface area contributed by atoms with Gasteiger partial charge in [-0.3, -0.25) is 19.6 Å². The highest BCUT2D eigenvalue weighted by atomic mass is 35.5. The van der Waals surface area contributed by atoms with Crippen LogP contribution in [0, 0.1) is 0 Å². The molecular weight excluding hydrogens is 643 g/mol. The number of carbonyl (C=O) groups excluding carboxylic acids is 2. The molecule has 0 aliphatic carbocycles. The van der Waals surface area contributed by atoms with Gasteiger partial charge < -0.3 is 30.7 Å². The number of benzene rings is 2. The third-order valence-electron chi connectivity index (χ3n) is 8.15. The molecule has 4 aromatic rings. The topological polar surface area (TPSA) is 152 Å². The lowest BCUT2D eigenvalue weighted by atomic mass is 9.98. The summed E-state index contributed by atoms with van der Waals surface area (Å²) in [6.07, 6.45) is 5.11. The highest BCUT2D eigenvalue weighted by molar-refractivity contribution is 6.39. The Labute approximate surface area is 282 Å². The van der Waals surface area contributed by atoms with E-state index in [9.17, 15) is 9.59 Å². The SMILES string of the molecule is COc1nc(-c2cccc(-c3cccc(-c4cnc(CNC5CNC(=O)C5)c(OC)n4)c3Cl)c2Cl)cnc1CNCC1CCC(=O)N1. The Bertz CT molecular complexity index is 1810. The van der Waals surface area contributed by atoms with Crippen LogP contribution in [-0.2, 0) is 22.7 Å². The van der Waals surface area contributed by atoms with Crippen molar-refractivity contribution in [3.8, 4) is 45.4 Å². The summed E-state index contributed by atoms with van der Waals surface area (Å²) in [5.74, 6) is 0.852. The fourth-order valence-electron chi connectivity index (χ4n) is 5.68. The second-order valence-electron chi connectivity index (χ2n) is 11.3. The number of halogens is 2. The molecule has 0 bridgehead atoms. The third kappa shape index (κ3) is 7.31. The van der Waals surface area contributed by atoms with Crippen LogP contribution in [0.2, 0.25) is 10.0 Å². The summed E-state index contributed by atoms with van der Waals surface area (Å²) in [6, 6.07) is 11.4. The zero-order valence-electron chi connectivity index (χ0n) is 25.9. The first-order valence-corrected chi connectivity index (χ1v) is 16.0. The molecule has 2 fully saturated rings. The Hall–Kier alpha value is -4.36. The molecule has 244 valence electrons. The summed E-state index contributed by atoms with van der Waals surface area (Å²) in [6.45, 7) is 2.04. The van der Waals surface area contributed by atoms with Crippen molar-refractivity contribution in [3.05, 3.63) is 70.2 Å². The lowest BCUT2D eigenvalue weighted by Gasteiger charge is -2.16. The van der Waals surface area contributed by atoms with Crippen LogP contribution in [0.5, 0.6) is 11.8 Å². The number of rotatable bonds is 12. The van der Waals surface area contributed by atoms with E-state index in [1.54, 1.807) is 26.6 Å². The van der Waals surface area contributed by atoms with Crippen LogP contribution in [0.3, 0.4) is 0 Å². The van der Waals surface area contributed by atoms with Crippen LogP contribution in [0.15, 0.2) is 48.8 Å². The van der Waals surface area contributed by atoms with Gasteiger partial charge in [0, 0.05) is 73.4 Å². The molecule has 0 spiro atoms. The maximum atomic E-state index is 11.5. The Morgan fingerprint density at radius 3 is 1.91 bits per heavy atom. The maximum Gasteiger partial charge on any atom is 0.237 e. The number of nitrogens with one attached hydrogen (secondary N) is 4. The predicted octanol–water partition coefficient (Wildman–Crippen LogP) is 3.94. The molecule has 0 radical (unpaired) electrons. The molecule has 4 N–H and O–H groups in total. The van der Waals surface area contributed by atoms with Crippen molar-refractivity contribution in [1.29, 1.82) is 0 Å². The molecular formula is C33H34Cl2N8O4. The minimum atomic E-state index is 0.0264. The molecule has 4 heterocycles. The van der Waals surface area contributed by atoms with E-state index < -0.39 is 0 Å². The van der Waals surface area contributed by atoms with E-state index in [0.717, 1.165) is 6.42 Å². The van der Waals surface area contributed by atoms with Gasteiger partial charge in [-0.15, -0.1) is 0 Å². The first-order valence-electron chi connectivity index (χ1n) is 15.2. The van der Waals surface area contributed by atoms with E-state index >= 15 is 0 Å². The summed E-state index contributed by atoms with van der Waals surface area (Å²) in [5, 5.41) is 13.3. The van der Waals surface area contributed by atoms with Crippen molar-refractivity contribution in [2.75, 3.05) is 27.3 Å². The summed E-state index contributed by atoms with van der Waals surface area (Å²) in [7, 11) is 3.09. The predicted molar refractivity (Wildman–Crippen MR) is 178 cm³/mol. The van der Waals surface area contributed by atoms with E-state index in [-0.39, 0.29) is 23.9 Å². The van der Waals surface area contributed by atoms with Gasteiger partial charge in [0.05, 0.1) is 48.0 Å². The van der Waals surface area contributed by atoms with Crippen molar-refractivity contribution in [2.24, 2.45) is 0 Å². The Kier molecular flexibility index (Phi) is 10.1. The molecule has 2 aliphatic rings. The molecule has 2 amide bonds. The first kappa shape index (κ1) is 32.6. The zero-order valence-corrected chi connectivity index (χ0v) is 27.4. The molecule has 6 rings (SSSR count). The van der Waals surface area contributed by atoms with Crippen LogP contribution in [0.25, 0.3) is 33.6 Å². The van der Waals surface area contributed by atoms with Crippen LogP contribution >= 0.6 is 23.2 Å². The first-order chi connectivity index (χ1) is 22.8. The third-order valence-corrected chi connectivity index (χ3v) is 8.97. The monoisotopic (exact) mass is 676 g/mol. The number of amides is 2. The molecule has 2 unspecified atom stereocenters. The van der Waals surface area contributed by atoms with Crippen LogP contribution < -0.4 is 30.7 Å². The van der Waals surface area contributed by atoms with E-state index in [4.69, 9.17) is 42.6 Å². The standard InChI is InChI=1S/C33H34Cl2N8O4/c1-46-32-26(14-36-12-18-9-10-28(44)41-18)38-15-24(42-32)22-7-3-5-20(30(22)34)21-6-4-8-23(31(21)35)25-16-39-27(33(43-25)47-2)17-37-19-11-29(45)40-13-19/h3-8,15-16,18-19,36-37H,9-14,17H2,1-2H3,(H,40,45)(H,41,44). The number of aromatic nitrogens is 4.